The second kappa shape index (κ2) is 17.9. The summed E-state index contributed by atoms with van der Waals surface area (Å²) in [4.78, 5) is 52.7. The Balaban J connectivity index is 0.746. The molecule has 8 rings (SSSR count). The van der Waals surface area contributed by atoms with E-state index in [0.717, 1.165) is 82.0 Å². The number of carbonyl (C=O) groups excluding carboxylic acids is 3. The third-order valence-electron chi connectivity index (χ3n) is 11.4. The molecule has 0 spiro atoms. The number of aromatic nitrogens is 4. The molecule has 2 aromatic heterocycles. The molecule has 4 aliphatic rings. The minimum atomic E-state index is -0.0540. The van der Waals surface area contributed by atoms with E-state index in [0.29, 0.717) is 59.6 Å². The van der Waals surface area contributed by atoms with Crippen molar-refractivity contribution in [2.45, 2.75) is 55.5 Å². The van der Waals surface area contributed by atoms with Crippen molar-refractivity contribution in [1.29, 1.82) is 0 Å². The lowest BCUT2D eigenvalue weighted by molar-refractivity contribution is -0.125. The van der Waals surface area contributed by atoms with Gasteiger partial charge in [0.25, 0.3) is 0 Å². The van der Waals surface area contributed by atoms with Gasteiger partial charge in [0.05, 0.1) is 23.5 Å². The van der Waals surface area contributed by atoms with Crippen LogP contribution in [0.1, 0.15) is 38.1 Å². The Morgan fingerprint density at radius 2 is 1.75 bits per heavy atom. The van der Waals surface area contributed by atoms with Gasteiger partial charge in [0, 0.05) is 88.0 Å². The highest BCUT2D eigenvalue weighted by Gasteiger charge is 2.42. The summed E-state index contributed by atoms with van der Waals surface area (Å²) in [6, 6.07) is 17.7. The molecule has 4 atom stereocenters. The topological polar surface area (TPSA) is 176 Å². The summed E-state index contributed by atoms with van der Waals surface area (Å²) in [5.41, 5.74) is 8.61. The number of para-hydroxylation sites is 1. The molecular weight excluding hydrogens is 743 g/mol. The van der Waals surface area contributed by atoms with Gasteiger partial charge in [-0.05, 0) is 55.7 Å². The smallest absolute Gasteiger partial charge is 0.315 e. The third kappa shape index (κ3) is 9.35. The van der Waals surface area contributed by atoms with Gasteiger partial charge >= 0.3 is 6.03 Å². The molecule has 4 amide bonds. The van der Waals surface area contributed by atoms with E-state index >= 15 is 0 Å². The van der Waals surface area contributed by atoms with Crippen LogP contribution >= 0.6 is 11.8 Å². The van der Waals surface area contributed by atoms with Crippen molar-refractivity contribution < 1.29 is 19.1 Å². The average molecular weight is 794 g/mol. The number of hydrogen-bond donors (Lipinski definition) is 4. The summed E-state index contributed by atoms with van der Waals surface area (Å²) >= 11 is 1.92. The Morgan fingerprint density at radius 3 is 2.58 bits per heavy atom. The van der Waals surface area contributed by atoms with Crippen molar-refractivity contribution in [3.05, 3.63) is 73.1 Å². The molecule has 0 bridgehead atoms. The summed E-state index contributed by atoms with van der Waals surface area (Å²) in [5.74, 6) is 2.91. The lowest BCUT2D eigenvalue weighted by Gasteiger charge is -2.34. The number of thioether (sulfide) groups is 1. The molecule has 300 valence electrons. The number of nitrogens with zero attached hydrogens (tertiary/aromatic N) is 7. The summed E-state index contributed by atoms with van der Waals surface area (Å²) in [6.07, 6.45) is 9.30. The molecular formula is C41H51N11O4S. The fraction of sp³-hybridized carbons (Fsp3) is 0.463. The Bertz CT molecular complexity index is 2050. The fourth-order valence-electron chi connectivity index (χ4n) is 8.22. The molecule has 1 unspecified atom stereocenters. The zero-order chi connectivity index (χ0) is 39.1. The van der Waals surface area contributed by atoms with Crippen LogP contribution in [0, 0.1) is 0 Å². The number of nitrogen functional groups attached to an aromatic ring is 1. The van der Waals surface area contributed by atoms with Crippen LogP contribution in [-0.2, 0) is 9.59 Å². The molecule has 4 fully saturated rings. The Morgan fingerprint density at radius 1 is 0.965 bits per heavy atom. The molecule has 4 saturated heterocycles. The van der Waals surface area contributed by atoms with Crippen LogP contribution in [0.2, 0.25) is 0 Å². The van der Waals surface area contributed by atoms with E-state index in [2.05, 4.69) is 35.7 Å². The lowest BCUT2D eigenvalue weighted by Crippen LogP contribution is -2.48. The molecule has 0 aliphatic carbocycles. The van der Waals surface area contributed by atoms with Crippen LogP contribution in [-0.4, -0.2) is 134 Å². The number of carbonyl (C=O) groups is 3. The van der Waals surface area contributed by atoms with Crippen molar-refractivity contribution in [3.63, 3.8) is 0 Å². The van der Waals surface area contributed by atoms with Gasteiger partial charge in [0.15, 0.2) is 5.65 Å². The average Bonchev–Trinajstić information content (AvgIpc) is 4.02. The Hall–Kier alpha value is -5.19. The Kier molecular flexibility index (Phi) is 12.2. The standard InChI is InChI=1S/C41H51N11O4S/c42-39-36-37(28-12-14-31(15-13-28)56-30-7-2-1-3-8-30)48-52(40(36)45-27-44-39)29-16-19-51(25-29)35(54)11-6-18-49-21-23-50(24-22-49)20-17-43-34(53)10-5-4-9-33-38-32(26-57-33)46-41(55)47-38/h1-3,6-8,11-15,27,29,32-33,38H,4-5,9-10,16-26H2,(H,43,53)(H2,42,44,45)(H2,46,47,55)/t29-,32+,33?,38+/m1/s1. The number of likely N-dealkylation sites (tertiary alicyclic amines) is 1. The first-order valence-corrected chi connectivity index (χ1v) is 21.1. The predicted molar refractivity (Wildman–Crippen MR) is 221 cm³/mol. The van der Waals surface area contributed by atoms with Crippen molar-refractivity contribution in [2.75, 3.05) is 70.4 Å². The normalized spacial score (nSPS) is 22.5. The number of nitrogens with one attached hydrogen (secondary N) is 3. The maximum absolute atomic E-state index is 13.3. The molecule has 16 heteroatoms. The molecule has 0 saturated carbocycles. The van der Waals surface area contributed by atoms with Gasteiger partial charge in [-0.25, -0.2) is 19.4 Å². The number of rotatable bonds is 15. The van der Waals surface area contributed by atoms with Crippen molar-refractivity contribution in [2.24, 2.45) is 0 Å². The number of fused-ring (bicyclic) bond motifs is 2. The first-order chi connectivity index (χ1) is 27.9. The molecule has 5 N–H and O–H groups in total. The number of hydrogen-bond acceptors (Lipinski definition) is 11. The van der Waals surface area contributed by atoms with E-state index in [9.17, 15) is 14.4 Å². The first kappa shape index (κ1) is 38.7. The lowest BCUT2D eigenvalue weighted by atomic mass is 10.0. The highest BCUT2D eigenvalue weighted by atomic mass is 32.2. The van der Waals surface area contributed by atoms with Gasteiger partial charge in [0.1, 0.15) is 29.3 Å². The van der Waals surface area contributed by atoms with E-state index in [4.69, 9.17) is 15.6 Å². The van der Waals surface area contributed by atoms with Gasteiger partial charge in [-0.1, -0.05) is 30.7 Å². The largest absolute Gasteiger partial charge is 0.457 e. The molecule has 0 radical (unpaired) electrons. The number of nitrogens with two attached hydrogens (primary N) is 1. The van der Waals surface area contributed by atoms with Gasteiger partial charge in [-0.3, -0.25) is 19.4 Å². The monoisotopic (exact) mass is 793 g/mol. The number of ether oxygens (including phenoxy) is 1. The summed E-state index contributed by atoms with van der Waals surface area (Å²) < 4.78 is 7.88. The Labute approximate surface area is 336 Å². The minimum Gasteiger partial charge on any atom is -0.457 e. The van der Waals surface area contributed by atoms with Gasteiger partial charge in [-0.2, -0.15) is 16.9 Å². The maximum Gasteiger partial charge on any atom is 0.315 e. The molecule has 4 aliphatic heterocycles. The van der Waals surface area contributed by atoms with Crippen LogP contribution in [0.4, 0.5) is 10.6 Å². The van der Waals surface area contributed by atoms with E-state index in [1.165, 1.54) is 6.33 Å². The van der Waals surface area contributed by atoms with E-state index in [1.807, 2.05) is 82.0 Å². The number of unbranched alkanes of at least 4 members (excludes halogenated alkanes) is 1. The SMILES string of the molecule is Nc1ncnc2c1c(-c1ccc(Oc3ccccc3)cc1)nn2[C@@H]1CCN(C(=O)C=CCN2CCN(CCNC(=O)CCCCC3SC[C@@H]4NC(=O)N[C@H]34)CC2)C1. The molecule has 6 heterocycles. The van der Waals surface area contributed by atoms with Crippen LogP contribution in [0.15, 0.2) is 73.1 Å². The number of benzene rings is 2. The number of urea groups is 1. The van der Waals surface area contributed by atoms with Crippen LogP contribution in [0.5, 0.6) is 11.5 Å². The molecule has 57 heavy (non-hydrogen) atoms. The zero-order valence-electron chi connectivity index (χ0n) is 32.1. The number of amides is 4. The first-order valence-electron chi connectivity index (χ1n) is 20.1. The predicted octanol–water partition coefficient (Wildman–Crippen LogP) is 3.66. The zero-order valence-corrected chi connectivity index (χ0v) is 32.9. The molecule has 4 aromatic rings. The van der Waals surface area contributed by atoms with Crippen molar-refractivity contribution in [1.82, 2.24) is 50.4 Å². The highest BCUT2D eigenvalue weighted by molar-refractivity contribution is 8.00. The molecule has 15 nitrogen and oxygen atoms in total. The molecule has 2 aromatic carbocycles. The summed E-state index contributed by atoms with van der Waals surface area (Å²) in [5, 5.41) is 15.2. The minimum absolute atomic E-state index is 0.00242. The van der Waals surface area contributed by atoms with E-state index in [1.54, 1.807) is 6.08 Å². The van der Waals surface area contributed by atoms with E-state index in [-0.39, 0.29) is 36.0 Å². The highest BCUT2D eigenvalue weighted by Crippen LogP contribution is 2.35. The van der Waals surface area contributed by atoms with Gasteiger partial charge in [-0.15, -0.1) is 0 Å². The van der Waals surface area contributed by atoms with Gasteiger partial charge in [0.2, 0.25) is 11.8 Å². The van der Waals surface area contributed by atoms with Crippen LogP contribution < -0.4 is 26.4 Å². The van der Waals surface area contributed by atoms with Crippen molar-refractivity contribution >= 4 is 46.5 Å². The summed E-state index contributed by atoms with van der Waals surface area (Å²) in [6.45, 7) is 7.05. The fourth-order valence-corrected chi connectivity index (χ4v) is 9.76. The van der Waals surface area contributed by atoms with Crippen molar-refractivity contribution in [3.8, 4) is 22.8 Å². The third-order valence-corrected chi connectivity index (χ3v) is 12.9. The van der Waals surface area contributed by atoms with Crippen LogP contribution in [0.3, 0.4) is 0 Å². The maximum atomic E-state index is 13.3. The van der Waals surface area contributed by atoms with Gasteiger partial charge < -0.3 is 31.3 Å². The number of anilines is 1. The second-order valence-corrected chi connectivity index (χ2v) is 16.5. The quantitative estimate of drug-likeness (QED) is 0.0786. The number of piperazine rings is 1. The second-order valence-electron chi connectivity index (χ2n) is 15.2. The van der Waals surface area contributed by atoms with Crippen LogP contribution in [0.25, 0.3) is 22.3 Å². The van der Waals surface area contributed by atoms with E-state index < -0.39 is 0 Å². The summed E-state index contributed by atoms with van der Waals surface area (Å²) in [7, 11) is 0.